The minimum atomic E-state index is -0.700. The Morgan fingerprint density at radius 3 is 2.71 bits per heavy atom. The second-order valence-corrected chi connectivity index (χ2v) is 6.02. The Morgan fingerprint density at radius 2 is 1.96 bits per heavy atom. The quantitative estimate of drug-likeness (QED) is 0.531. The molecule has 4 aromatic rings. The SMILES string of the molecule is OC(CNc1ccc(-c2nc(-c3ccccc3F)no2)cn1)c1cccnc1. The third-order valence-electron chi connectivity index (χ3n) is 4.10. The summed E-state index contributed by atoms with van der Waals surface area (Å²) >= 11 is 0. The zero-order chi connectivity index (χ0) is 19.3. The summed E-state index contributed by atoms with van der Waals surface area (Å²) < 4.78 is 19.1. The molecule has 0 aliphatic rings. The van der Waals surface area contributed by atoms with Crippen LogP contribution in [0.25, 0.3) is 22.8 Å². The summed E-state index contributed by atoms with van der Waals surface area (Å²) in [5, 5.41) is 17.0. The highest BCUT2D eigenvalue weighted by Gasteiger charge is 2.14. The van der Waals surface area contributed by atoms with E-state index in [0.717, 1.165) is 5.56 Å². The maximum Gasteiger partial charge on any atom is 0.259 e. The predicted molar refractivity (Wildman–Crippen MR) is 101 cm³/mol. The van der Waals surface area contributed by atoms with Crippen LogP contribution in [0.5, 0.6) is 0 Å². The van der Waals surface area contributed by atoms with Gasteiger partial charge in [0, 0.05) is 30.7 Å². The first-order valence-corrected chi connectivity index (χ1v) is 8.57. The van der Waals surface area contributed by atoms with Gasteiger partial charge in [-0.2, -0.15) is 4.98 Å². The molecule has 0 amide bonds. The Labute approximate surface area is 159 Å². The molecule has 0 spiro atoms. The Hall–Kier alpha value is -3.65. The number of nitrogens with zero attached hydrogens (tertiary/aromatic N) is 4. The van der Waals surface area contributed by atoms with E-state index in [1.165, 1.54) is 6.07 Å². The third kappa shape index (κ3) is 3.86. The first kappa shape index (κ1) is 17.7. The smallest absolute Gasteiger partial charge is 0.259 e. The van der Waals surface area contributed by atoms with Crippen molar-refractivity contribution < 1.29 is 14.0 Å². The lowest BCUT2D eigenvalue weighted by atomic mass is 10.1. The van der Waals surface area contributed by atoms with Gasteiger partial charge in [0.2, 0.25) is 5.82 Å². The number of benzene rings is 1. The van der Waals surface area contributed by atoms with Crippen molar-refractivity contribution in [2.75, 3.05) is 11.9 Å². The van der Waals surface area contributed by atoms with E-state index in [0.29, 0.717) is 11.4 Å². The molecule has 0 aliphatic carbocycles. The number of pyridine rings is 2. The molecule has 8 heteroatoms. The Bertz CT molecular complexity index is 1050. The Balaban J connectivity index is 1.43. The van der Waals surface area contributed by atoms with Crippen molar-refractivity contribution in [3.05, 3.63) is 78.5 Å². The average molecular weight is 377 g/mol. The molecule has 1 atom stereocenters. The van der Waals surface area contributed by atoms with Gasteiger partial charge in [-0.05, 0) is 30.3 Å². The van der Waals surface area contributed by atoms with Gasteiger partial charge in [0.25, 0.3) is 5.89 Å². The van der Waals surface area contributed by atoms with Crippen molar-refractivity contribution in [2.24, 2.45) is 0 Å². The molecule has 0 saturated carbocycles. The van der Waals surface area contributed by atoms with Crippen molar-refractivity contribution >= 4 is 5.82 Å². The van der Waals surface area contributed by atoms with Gasteiger partial charge < -0.3 is 14.9 Å². The highest BCUT2D eigenvalue weighted by atomic mass is 19.1. The summed E-state index contributed by atoms with van der Waals surface area (Å²) in [6, 6.07) is 13.3. The fourth-order valence-corrected chi connectivity index (χ4v) is 2.61. The van der Waals surface area contributed by atoms with E-state index >= 15 is 0 Å². The molecule has 0 fully saturated rings. The molecule has 2 N–H and O–H groups in total. The number of hydrogen-bond acceptors (Lipinski definition) is 7. The first-order valence-electron chi connectivity index (χ1n) is 8.57. The van der Waals surface area contributed by atoms with Crippen LogP contribution in [0.3, 0.4) is 0 Å². The van der Waals surface area contributed by atoms with E-state index in [-0.39, 0.29) is 23.8 Å². The first-order chi connectivity index (χ1) is 13.7. The summed E-state index contributed by atoms with van der Waals surface area (Å²) in [5.41, 5.74) is 1.60. The van der Waals surface area contributed by atoms with Gasteiger partial charge >= 0.3 is 0 Å². The Kier molecular flexibility index (Phi) is 5.03. The van der Waals surface area contributed by atoms with Gasteiger partial charge in [-0.3, -0.25) is 4.98 Å². The van der Waals surface area contributed by atoms with Crippen LogP contribution in [-0.4, -0.2) is 31.8 Å². The summed E-state index contributed by atoms with van der Waals surface area (Å²) in [6.07, 6.45) is 4.14. The van der Waals surface area contributed by atoms with E-state index in [1.54, 1.807) is 61.1 Å². The standard InChI is InChI=1S/C20H16FN5O2/c21-16-6-2-1-5-15(16)19-25-20(28-26-19)14-7-8-18(23-11-14)24-12-17(27)13-4-3-9-22-10-13/h1-11,17,27H,12H2,(H,23,24). The van der Waals surface area contributed by atoms with E-state index in [2.05, 4.69) is 25.4 Å². The molecule has 0 saturated heterocycles. The summed E-state index contributed by atoms with van der Waals surface area (Å²) in [7, 11) is 0. The van der Waals surface area contributed by atoms with Crippen molar-refractivity contribution in [1.82, 2.24) is 20.1 Å². The van der Waals surface area contributed by atoms with Crippen LogP contribution in [0.4, 0.5) is 10.2 Å². The molecule has 1 aromatic carbocycles. The zero-order valence-electron chi connectivity index (χ0n) is 14.7. The molecular weight excluding hydrogens is 361 g/mol. The van der Waals surface area contributed by atoms with Crippen LogP contribution < -0.4 is 5.32 Å². The fraction of sp³-hybridized carbons (Fsp3) is 0.100. The lowest BCUT2D eigenvalue weighted by Crippen LogP contribution is -2.13. The topological polar surface area (TPSA) is 97.0 Å². The number of halogens is 1. The van der Waals surface area contributed by atoms with Gasteiger partial charge in [-0.15, -0.1) is 0 Å². The third-order valence-corrected chi connectivity index (χ3v) is 4.10. The summed E-state index contributed by atoms with van der Waals surface area (Å²) in [4.78, 5) is 12.5. The van der Waals surface area contributed by atoms with E-state index < -0.39 is 11.9 Å². The van der Waals surface area contributed by atoms with Crippen LogP contribution in [0, 0.1) is 5.82 Å². The molecule has 0 radical (unpaired) electrons. The van der Waals surface area contributed by atoms with Crippen LogP contribution in [-0.2, 0) is 0 Å². The normalized spacial score (nSPS) is 11.9. The fourth-order valence-electron chi connectivity index (χ4n) is 2.61. The van der Waals surface area contributed by atoms with Gasteiger partial charge in [0.05, 0.1) is 17.2 Å². The van der Waals surface area contributed by atoms with Crippen molar-refractivity contribution in [1.29, 1.82) is 0 Å². The number of aliphatic hydroxyl groups is 1. The molecule has 0 bridgehead atoms. The van der Waals surface area contributed by atoms with Gasteiger partial charge in [-0.25, -0.2) is 9.37 Å². The number of anilines is 1. The molecule has 7 nitrogen and oxygen atoms in total. The monoisotopic (exact) mass is 377 g/mol. The minimum absolute atomic E-state index is 0.176. The number of aliphatic hydroxyl groups excluding tert-OH is 1. The molecule has 3 aromatic heterocycles. The predicted octanol–water partition coefficient (Wildman–Crippen LogP) is 3.48. The second kappa shape index (κ2) is 7.93. The second-order valence-electron chi connectivity index (χ2n) is 6.02. The van der Waals surface area contributed by atoms with Crippen molar-refractivity contribution in [3.8, 4) is 22.8 Å². The molecule has 4 rings (SSSR count). The van der Waals surface area contributed by atoms with Crippen LogP contribution >= 0.6 is 0 Å². The summed E-state index contributed by atoms with van der Waals surface area (Å²) in [6.45, 7) is 0.288. The van der Waals surface area contributed by atoms with Crippen molar-refractivity contribution in [3.63, 3.8) is 0 Å². The Morgan fingerprint density at radius 1 is 1.07 bits per heavy atom. The van der Waals surface area contributed by atoms with Crippen LogP contribution in [0.2, 0.25) is 0 Å². The lowest BCUT2D eigenvalue weighted by molar-refractivity contribution is 0.191. The van der Waals surface area contributed by atoms with Gasteiger partial charge in [-0.1, -0.05) is 23.4 Å². The van der Waals surface area contributed by atoms with E-state index in [1.807, 2.05) is 0 Å². The molecular formula is C20H16FN5O2. The molecule has 140 valence electrons. The maximum atomic E-state index is 13.8. The summed E-state index contributed by atoms with van der Waals surface area (Å²) in [5.74, 6) is 0.586. The van der Waals surface area contributed by atoms with E-state index in [9.17, 15) is 9.50 Å². The van der Waals surface area contributed by atoms with Crippen LogP contribution in [0.1, 0.15) is 11.7 Å². The van der Waals surface area contributed by atoms with Gasteiger partial charge in [0.15, 0.2) is 0 Å². The number of aromatic nitrogens is 4. The van der Waals surface area contributed by atoms with Crippen molar-refractivity contribution in [2.45, 2.75) is 6.10 Å². The highest BCUT2D eigenvalue weighted by molar-refractivity contribution is 5.60. The largest absolute Gasteiger partial charge is 0.387 e. The number of hydrogen-bond donors (Lipinski definition) is 2. The van der Waals surface area contributed by atoms with E-state index in [4.69, 9.17) is 4.52 Å². The minimum Gasteiger partial charge on any atom is -0.387 e. The zero-order valence-corrected chi connectivity index (χ0v) is 14.7. The average Bonchev–Trinajstić information content (AvgIpc) is 3.23. The van der Waals surface area contributed by atoms with Gasteiger partial charge in [0.1, 0.15) is 11.6 Å². The lowest BCUT2D eigenvalue weighted by Gasteiger charge is -2.12. The molecule has 1 unspecified atom stereocenters. The molecule has 3 heterocycles. The number of nitrogens with one attached hydrogen (secondary N) is 1. The molecule has 28 heavy (non-hydrogen) atoms. The number of rotatable bonds is 6. The molecule has 0 aliphatic heterocycles. The highest BCUT2D eigenvalue weighted by Crippen LogP contribution is 2.24. The van der Waals surface area contributed by atoms with Crippen LogP contribution in [0.15, 0.2) is 71.6 Å². The maximum absolute atomic E-state index is 13.8.